The number of para-hydroxylation sites is 1. The number of hydrogen-bond acceptors (Lipinski definition) is 4. The number of carbonyl (C=O) groups excluding carboxylic acids is 2. The van der Waals surface area contributed by atoms with Crippen LogP contribution < -0.4 is 9.64 Å². The number of nitrogens with zero attached hydrogens (tertiary/aromatic N) is 1. The molecule has 1 aliphatic heterocycles. The number of Topliss-reactive ketones (excluding diaryl/α,β-unsaturated/α-hetero) is 1. The lowest BCUT2D eigenvalue weighted by molar-refractivity contribution is -0.135. The lowest BCUT2D eigenvalue weighted by atomic mass is 9.88. The van der Waals surface area contributed by atoms with Gasteiger partial charge in [-0.3, -0.25) is 9.59 Å². The first-order chi connectivity index (χ1) is 14.5. The predicted octanol–water partition coefficient (Wildman–Crippen LogP) is 3.75. The first-order valence-electron chi connectivity index (χ1n) is 9.88. The van der Waals surface area contributed by atoms with Crippen molar-refractivity contribution in [1.29, 1.82) is 0 Å². The summed E-state index contributed by atoms with van der Waals surface area (Å²) >= 11 is 0. The van der Waals surface area contributed by atoms with E-state index >= 15 is 0 Å². The Balaban J connectivity index is 1.61. The van der Waals surface area contributed by atoms with Crippen LogP contribution in [0.3, 0.4) is 0 Å². The maximum Gasteiger partial charge on any atom is 0.264 e. The number of fused-ring (bicyclic) bond motifs is 1. The number of methoxy groups -OCH3 is 1. The van der Waals surface area contributed by atoms with Crippen molar-refractivity contribution in [2.45, 2.75) is 18.4 Å². The minimum atomic E-state index is -1.88. The average molecular weight is 401 g/mol. The van der Waals surface area contributed by atoms with E-state index in [1.165, 1.54) is 7.11 Å². The monoisotopic (exact) mass is 401 g/mol. The smallest absolute Gasteiger partial charge is 0.264 e. The molecule has 0 aliphatic carbocycles. The molecule has 4 rings (SSSR count). The number of aliphatic hydroxyl groups is 1. The summed E-state index contributed by atoms with van der Waals surface area (Å²) in [6, 6.07) is 23.7. The number of amides is 1. The highest BCUT2D eigenvalue weighted by molar-refractivity contribution is 6.10. The fourth-order valence-electron chi connectivity index (χ4n) is 3.92. The Hall–Kier alpha value is -3.44. The molecular weight excluding hydrogens is 378 g/mol. The molecule has 1 N–H and O–H groups in total. The van der Waals surface area contributed by atoms with Crippen LogP contribution in [0.5, 0.6) is 5.75 Å². The quantitative estimate of drug-likeness (QED) is 0.613. The van der Waals surface area contributed by atoms with E-state index in [-0.39, 0.29) is 12.2 Å². The van der Waals surface area contributed by atoms with E-state index < -0.39 is 11.5 Å². The van der Waals surface area contributed by atoms with E-state index in [9.17, 15) is 14.7 Å². The number of ether oxygens (including phenoxy) is 1. The molecule has 5 nitrogen and oxygen atoms in total. The van der Waals surface area contributed by atoms with E-state index in [1.807, 2.05) is 42.5 Å². The fraction of sp³-hybridized carbons (Fsp3) is 0.200. The van der Waals surface area contributed by atoms with E-state index in [1.54, 1.807) is 41.3 Å². The molecule has 3 aromatic carbocycles. The SMILES string of the molecule is COc1cccc(C(=O)C[C@]2(O)C(=O)N(CCc3ccccc3)c3ccccc32)c1. The van der Waals surface area contributed by atoms with Crippen molar-refractivity contribution in [3.63, 3.8) is 0 Å². The summed E-state index contributed by atoms with van der Waals surface area (Å²) in [7, 11) is 1.53. The van der Waals surface area contributed by atoms with Gasteiger partial charge in [-0.1, -0.05) is 60.7 Å². The fourth-order valence-corrected chi connectivity index (χ4v) is 3.92. The highest BCUT2D eigenvalue weighted by Gasteiger charge is 2.50. The summed E-state index contributed by atoms with van der Waals surface area (Å²) in [6.07, 6.45) is 0.332. The molecule has 1 atom stereocenters. The largest absolute Gasteiger partial charge is 0.497 e. The van der Waals surface area contributed by atoms with Crippen molar-refractivity contribution < 1.29 is 19.4 Å². The summed E-state index contributed by atoms with van der Waals surface area (Å²) in [5, 5.41) is 11.4. The van der Waals surface area contributed by atoms with Crippen LogP contribution in [0.2, 0.25) is 0 Å². The maximum absolute atomic E-state index is 13.3. The van der Waals surface area contributed by atoms with Gasteiger partial charge in [0, 0.05) is 17.7 Å². The molecule has 3 aromatic rings. The van der Waals surface area contributed by atoms with Crippen molar-refractivity contribution in [2.75, 3.05) is 18.6 Å². The molecule has 152 valence electrons. The zero-order chi connectivity index (χ0) is 21.1. The van der Waals surface area contributed by atoms with Crippen LogP contribution in [0.15, 0.2) is 78.9 Å². The van der Waals surface area contributed by atoms with Gasteiger partial charge in [0.25, 0.3) is 5.91 Å². The van der Waals surface area contributed by atoms with Gasteiger partial charge in [-0.05, 0) is 30.2 Å². The molecule has 0 radical (unpaired) electrons. The Morgan fingerprint density at radius 1 is 1.00 bits per heavy atom. The Bertz CT molecular complexity index is 1080. The molecule has 5 heteroatoms. The number of hydrogen-bond donors (Lipinski definition) is 1. The minimum Gasteiger partial charge on any atom is -0.497 e. The van der Waals surface area contributed by atoms with Crippen LogP contribution in [-0.4, -0.2) is 30.5 Å². The molecule has 1 heterocycles. The molecule has 0 fully saturated rings. The first kappa shape index (κ1) is 19.9. The van der Waals surface area contributed by atoms with Gasteiger partial charge in [-0.15, -0.1) is 0 Å². The number of benzene rings is 3. The van der Waals surface area contributed by atoms with Crippen LogP contribution in [0, 0.1) is 0 Å². The number of ketones is 1. The molecule has 0 unspecified atom stereocenters. The number of carbonyl (C=O) groups is 2. The lowest BCUT2D eigenvalue weighted by Crippen LogP contribution is -2.42. The van der Waals surface area contributed by atoms with Gasteiger partial charge in [-0.25, -0.2) is 0 Å². The zero-order valence-electron chi connectivity index (χ0n) is 16.7. The molecule has 30 heavy (non-hydrogen) atoms. The van der Waals surface area contributed by atoms with Gasteiger partial charge in [0.2, 0.25) is 0 Å². The zero-order valence-corrected chi connectivity index (χ0v) is 16.7. The normalized spacial score (nSPS) is 17.7. The van der Waals surface area contributed by atoms with Gasteiger partial charge >= 0.3 is 0 Å². The van der Waals surface area contributed by atoms with Gasteiger partial charge in [-0.2, -0.15) is 0 Å². The molecule has 0 saturated carbocycles. The minimum absolute atomic E-state index is 0.315. The van der Waals surface area contributed by atoms with Crippen molar-refractivity contribution in [3.8, 4) is 5.75 Å². The molecule has 0 bridgehead atoms. The predicted molar refractivity (Wildman–Crippen MR) is 115 cm³/mol. The number of anilines is 1. The van der Waals surface area contributed by atoms with Crippen molar-refractivity contribution in [3.05, 3.63) is 95.6 Å². The average Bonchev–Trinajstić information content (AvgIpc) is 3.00. The van der Waals surface area contributed by atoms with Gasteiger partial charge in [0.1, 0.15) is 5.75 Å². The van der Waals surface area contributed by atoms with E-state index in [0.717, 1.165) is 5.56 Å². The second-order valence-corrected chi connectivity index (χ2v) is 7.40. The standard InChI is InChI=1S/C25H23NO4/c1-30-20-11-7-10-19(16-20)23(27)17-25(29)21-12-5-6-13-22(21)26(24(25)28)15-14-18-8-3-2-4-9-18/h2-13,16,29H,14-15,17H2,1H3/t25-/m1/s1. The first-order valence-corrected chi connectivity index (χ1v) is 9.88. The summed E-state index contributed by atoms with van der Waals surface area (Å²) < 4.78 is 5.18. The summed E-state index contributed by atoms with van der Waals surface area (Å²) in [4.78, 5) is 27.8. The van der Waals surface area contributed by atoms with Gasteiger partial charge < -0.3 is 14.7 Å². The van der Waals surface area contributed by atoms with Crippen LogP contribution in [0.1, 0.15) is 27.9 Å². The van der Waals surface area contributed by atoms with Gasteiger partial charge in [0.15, 0.2) is 11.4 Å². The van der Waals surface area contributed by atoms with E-state index in [0.29, 0.717) is 35.5 Å². The van der Waals surface area contributed by atoms with Crippen LogP contribution in [-0.2, 0) is 16.8 Å². The molecular formula is C25H23NO4. The van der Waals surface area contributed by atoms with Crippen molar-refractivity contribution in [2.24, 2.45) is 0 Å². The molecule has 0 aromatic heterocycles. The molecule has 0 spiro atoms. The van der Waals surface area contributed by atoms with E-state index in [2.05, 4.69) is 0 Å². The summed E-state index contributed by atoms with van der Waals surface area (Å²) in [5.74, 6) is -0.226. The maximum atomic E-state index is 13.3. The second kappa shape index (κ2) is 8.13. The van der Waals surface area contributed by atoms with Crippen LogP contribution in [0.4, 0.5) is 5.69 Å². The lowest BCUT2D eigenvalue weighted by Gasteiger charge is -2.23. The van der Waals surface area contributed by atoms with Gasteiger partial charge in [0.05, 0.1) is 19.2 Å². The third-order valence-corrected chi connectivity index (χ3v) is 5.51. The van der Waals surface area contributed by atoms with Crippen molar-refractivity contribution >= 4 is 17.4 Å². The van der Waals surface area contributed by atoms with Crippen molar-refractivity contribution in [1.82, 2.24) is 0 Å². The third kappa shape index (κ3) is 3.60. The molecule has 0 saturated heterocycles. The number of rotatable bonds is 7. The summed E-state index contributed by atoms with van der Waals surface area (Å²) in [5.41, 5.74) is 0.744. The topological polar surface area (TPSA) is 66.8 Å². The van der Waals surface area contributed by atoms with Crippen LogP contribution in [0.25, 0.3) is 0 Å². The van der Waals surface area contributed by atoms with E-state index in [4.69, 9.17) is 4.74 Å². The highest BCUT2D eigenvalue weighted by atomic mass is 16.5. The highest BCUT2D eigenvalue weighted by Crippen LogP contribution is 2.43. The third-order valence-electron chi connectivity index (χ3n) is 5.51. The van der Waals surface area contributed by atoms with Crippen LogP contribution >= 0.6 is 0 Å². The second-order valence-electron chi connectivity index (χ2n) is 7.40. The molecule has 1 aliphatic rings. The molecule has 1 amide bonds. The Kier molecular flexibility index (Phi) is 5.38. The summed E-state index contributed by atoms with van der Waals surface area (Å²) in [6.45, 7) is 0.426. The Labute approximate surface area is 175 Å². The Morgan fingerprint density at radius 3 is 2.50 bits per heavy atom. The Morgan fingerprint density at radius 2 is 1.73 bits per heavy atom.